The van der Waals surface area contributed by atoms with Crippen LogP contribution in [0.15, 0.2) is 30.3 Å². The molecule has 2 aromatic carbocycles. The highest BCUT2D eigenvalue weighted by molar-refractivity contribution is 14.1. The van der Waals surface area contributed by atoms with Crippen molar-refractivity contribution in [1.82, 2.24) is 0 Å². The van der Waals surface area contributed by atoms with Gasteiger partial charge in [0.1, 0.15) is 5.75 Å². The molecule has 2 aromatic rings. The number of aromatic hydroxyl groups is 1. The SMILES string of the molecule is COC(=O)c1ccc2c(I)c(O)ccc2c1. The highest BCUT2D eigenvalue weighted by Crippen LogP contribution is 2.29. The van der Waals surface area contributed by atoms with Crippen LogP contribution in [0.1, 0.15) is 10.4 Å². The molecule has 2 rings (SSSR count). The summed E-state index contributed by atoms with van der Waals surface area (Å²) in [5.41, 5.74) is 0.511. The summed E-state index contributed by atoms with van der Waals surface area (Å²) in [5, 5.41) is 11.4. The Morgan fingerprint density at radius 2 is 2.06 bits per heavy atom. The summed E-state index contributed by atoms with van der Waals surface area (Å²) in [6.07, 6.45) is 0. The predicted octanol–water partition coefficient (Wildman–Crippen LogP) is 2.94. The molecule has 0 saturated carbocycles. The van der Waals surface area contributed by atoms with Gasteiger partial charge in [0.05, 0.1) is 16.2 Å². The Morgan fingerprint density at radius 1 is 1.31 bits per heavy atom. The molecule has 82 valence electrons. The molecule has 0 aromatic heterocycles. The second kappa shape index (κ2) is 4.29. The molecule has 3 nitrogen and oxygen atoms in total. The third kappa shape index (κ3) is 1.84. The van der Waals surface area contributed by atoms with Crippen molar-refractivity contribution in [2.75, 3.05) is 7.11 Å². The maximum Gasteiger partial charge on any atom is 0.337 e. The van der Waals surface area contributed by atoms with E-state index in [9.17, 15) is 9.90 Å². The molecule has 0 unspecified atom stereocenters. The lowest BCUT2D eigenvalue weighted by atomic mass is 10.1. The van der Waals surface area contributed by atoms with Gasteiger partial charge in [-0.15, -0.1) is 0 Å². The fraction of sp³-hybridized carbons (Fsp3) is 0.0833. The highest BCUT2D eigenvalue weighted by Gasteiger charge is 2.08. The number of carbonyl (C=O) groups excluding carboxylic acids is 1. The molecular weight excluding hydrogens is 319 g/mol. The van der Waals surface area contributed by atoms with Crippen LogP contribution in [-0.4, -0.2) is 18.2 Å². The molecule has 4 heteroatoms. The Bertz CT molecular complexity index is 563. The summed E-state index contributed by atoms with van der Waals surface area (Å²) < 4.78 is 5.43. The molecule has 0 atom stereocenters. The van der Waals surface area contributed by atoms with Gasteiger partial charge in [-0.25, -0.2) is 4.79 Å². The number of ether oxygens (including phenoxy) is 1. The van der Waals surface area contributed by atoms with Crippen molar-refractivity contribution in [1.29, 1.82) is 0 Å². The van der Waals surface area contributed by atoms with Crippen LogP contribution >= 0.6 is 22.6 Å². The second-order valence-corrected chi connectivity index (χ2v) is 4.40. The monoisotopic (exact) mass is 328 g/mol. The van der Waals surface area contributed by atoms with Gasteiger partial charge >= 0.3 is 5.97 Å². The van der Waals surface area contributed by atoms with Crippen molar-refractivity contribution in [3.8, 4) is 5.75 Å². The van der Waals surface area contributed by atoms with Crippen molar-refractivity contribution < 1.29 is 14.6 Å². The lowest BCUT2D eigenvalue weighted by Gasteiger charge is -2.05. The molecule has 0 aliphatic carbocycles. The number of hydrogen-bond acceptors (Lipinski definition) is 3. The summed E-state index contributed by atoms with van der Waals surface area (Å²) in [7, 11) is 1.35. The molecule has 0 saturated heterocycles. The molecule has 0 heterocycles. The number of rotatable bonds is 1. The third-order valence-electron chi connectivity index (χ3n) is 2.35. The van der Waals surface area contributed by atoms with Crippen LogP contribution < -0.4 is 0 Å². The van der Waals surface area contributed by atoms with Gasteiger partial charge < -0.3 is 9.84 Å². The molecule has 0 aliphatic rings. The maximum absolute atomic E-state index is 11.3. The summed E-state index contributed by atoms with van der Waals surface area (Å²) in [6.45, 7) is 0. The number of esters is 1. The summed E-state index contributed by atoms with van der Waals surface area (Å²) >= 11 is 2.07. The molecule has 0 amide bonds. The summed E-state index contributed by atoms with van der Waals surface area (Å²) in [4.78, 5) is 11.3. The van der Waals surface area contributed by atoms with E-state index in [1.54, 1.807) is 24.3 Å². The van der Waals surface area contributed by atoms with E-state index < -0.39 is 0 Å². The number of phenolic OH excluding ortho intramolecular Hbond substituents is 1. The standard InChI is InChI=1S/C12H9IO3/c1-16-12(15)8-2-4-9-7(6-8)3-5-10(14)11(9)13/h2-6,14H,1H3. The molecule has 16 heavy (non-hydrogen) atoms. The molecule has 0 fully saturated rings. The number of fused-ring (bicyclic) bond motifs is 1. The summed E-state index contributed by atoms with van der Waals surface area (Å²) in [5.74, 6) is -0.107. The van der Waals surface area contributed by atoms with Crippen molar-refractivity contribution in [3.05, 3.63) is 39.5 Å². The minimum atomic E-state index is -0.356. The first-order valence-corrected chi connectivity index (χ1v) is 5.71. The number of phenols is 1. The van der Waals surface area contributed by atoms with Gasteiger partial charge in [0.2, 0.25) is 0 Å². The van der Waals surface area contributed by atoms with Crippen LogP contribution in [0.3, 0.4) is 0 Å². The van der Waals surface area contributed by atoms with Gasteiger partial charge in [0, 0.05) is 0 Å². The van der Waals surface area contributed by atoms with Crippen LogP contribution in [0, 0.1) is 3.57 Å². The number of methoxy groups -OCH3 is 1. The second-order valence-electron chi connectivity index (χ2n) is 3.33. The van der Waals surface area contributed by atoms with Gasteiger partial charge in [-0.3, -0.25) is 0 Å². The molecular formula is C12H9IO3. The lowest BCUT2D eigenvalue weighted by Crippen LogP contribution is -2.00. The van der Waals surface area contributed by atoms with E-state index in [2.05, 4.69) is 27.3 Å². The van der Waals surface area contributed by atoms with Crippen LogP contribution in [0.5, 0.6) is 5.75 Å². The van der Waals surface area contributed by atoms with Crippen LogP contribution in [0.25, 0.3) is 10.8 Å². The van der Waals surface area contributed by atoms with E-state index in [1.807, 2.05) is 6.07 Å². The minimum absolute atomic E-state index is 0.249. The average molecular weight is 328 g/mol. The van der Waals surface area contributed by atoms with Crippen molar-refractivity contribution in [3.63, 3.8) is 0 Å². The van der Waals surface area contributed by atoms with Crippen LogP contribution in [-0.2, 0) is 4.74 Å². The number of halogens is 1. The first kappa shape index (κ1) is 11.2. The van der Waals surface area contributed by atoms with E-state index in [0.717, 1.165) is 14.3 Å². The zero-order chi connectivity index (χ0) is 11.7. The van der Waals surface area contributed by atoms with Gasteiger partial charge in [-0.1, -0.05) is 12.1 Å². The topological polar surface area (TPSA) is 46.5 Å². The minimum Gasteiger partial charge on any atom is -0.507 e. The van der Waals surface area contributed by atoms with Crippen molar-refractivity contribution >= 4 is 39.3 Å². The Hall–Kier alpha value is -1.30. The van der Waals surface area contributed by atoms with Gasteiger partial charge in [0.25, 0.3) is 0 Å². The quantitative estimate of drug-likeness (QED) is 0.647. The zero-order valence-corrected chi connectivity index (χ0v) is 10.7. The number of benzene rings is 2. The molecule has 0 aliphatic heterocycles. The average Bonchev–Trinajstić information content (AvgIpc) is 2.32. The van der Waals surface area contributed by atoms with Crippen molar-refractivity contribution in [2.45, 2.75) is 0 Å². The van der Waals surface area contributed by atoms with E-state index in [-0.39, 0.29) is 11.7 Å². The Balaban J connectivity index is 2.65. The molecule has 1 N–H and O–H groups in total. The molecule has 0 bridgehead atoms. The Kier molecular flexibility index (Phi) is 3.00. The number of hydrogen-bond donors (Lipinski definition) is 1. The largest absolute Gasteiger partial charge is 0.507 e. The fourth-order valence-corrected chi connectivity index (χ4v) is 2.20. The van der Waals surface area contributed by atoms with E-state index in [0.29, 0.717) is 5.56 Å². The smallest absolute Gasteiger partial charge is 0.337 e. The number of carbonyl (C=O) groups is 1. The normalized spacial score (nSPS) is 10.4. The van der Waals surface area contributed by atoms with Gasteiger partial charge in [-0.05, 0) is 51.6 Å². The van der Waals surface area contributed by atoms with Crippen LogP contribution in [0.4, 0.5) is 0 Å². The third-order valence-corrected chi connectivity index (χ3v) is 3.49. The maximum atomic E-state index is 11.3. The van der Waals surface area contributed by atoms with E-state index >= 15 is 0 Å². The summed E-state index contributed by atoms with van der Waals surface area (Å²) in [6, 6.07) is 8.64. The van der Waals surface area contributed by atoms with Gasteiger partial charge in [0.15, 0.2) is 0 Å². The zero-order valence-electron chi connectivity index (χ0n) is 8.53. The van der Waals surface area contributed by atoms with E-state index in [4.69, 9.17) is 0 Å². The predicted molar refractivity (Wildman–Crippen MR) is 69.7 cm³/mol. The molecule has 0 radical (unpaired) electrons. The first-order valence-electron chi connectivity index (χ1n) is 4.63. The van der Waals surface area contributed by atoms with Crippen molar-refractivity contribution in [2.24, 2.45) is 0 Å². The van der Waals surface area contributed by atoms with Gasteiger partial charge in [-0.2, -0.15) is 0 Å². The Morgan fingerprint density at radius 3 is 2.75 bits per heavy atom. The Labute approximate surface area is 106 Å². The van der Waals surface area contributed by atoms with Crippen LogP contribution in [0.2, 0.25) is 0 Å². The first-order chi connectivity index (χ1) is 7.63. The van der Waals surface area contributed by atoms with E-state index in [1.165, 1.54) is 7.11 Å². The fourth-order valence-electron chi connectivity index (χ4n) is 1.53. The highest BCUT2D eigenvalue weighted by atomic mass is 127. The lowest BCUT2D eigenvalue weighted by molar-refractivity contribution is 0.0601. The molecule has 0 spiro atoms.